The molecule has 0 spiro atoms. The van der Waals surface area contributed by atoms with Gasteiger partial charge < -0.3 is 4.74 Å². The topological polar surface area (TPSA) is 56.5 Å². The smallest absolute Gasteiger partial charge is 0.305 e. The molecule has 0 aromatic carbocycles. The number of hydrogen-bond acceptors (Lipinski definition) is 4. The summed E-state index contributed by atoms with van der Waals surface area (Å²) in [5.41, 5.74) is 0.759. The van der Waals surface area contributed by atoms with E-state index in [1.54, 1.807) is 4.52 Å². The lowest BCUT2D eigenvalue weighted by atomic mass is 10.3. The number of methoxy groups -OCH3 is 1. The molecule has 0 fully saturated rings. The predicted octanol–water partition coefficient (Wildman–Crippen LogP) is 1.60. The molecular formula is C10H10BrN3O2. The third-order valence-electron chi connectivity index (χ3n) is 2.12. The van der Waals surface area contributed by atoms with Gasteiger partial charge in [0.25, 0.3) is 0 Å². The molecule has 0 atom stereocenters. The van der Waals surface area contributed by atoms with Crippen molar-refractivity contribution in [1.82, 2.24) is 14.6 Å². The Morgan fingerprint density at radius 3 is 3.19 bits per heavy atom. The molecule has 0 bridgehead atoms. The number of esters is 1. The number of pyridine rings is 1. The van der Waals surface area contributed by atoms with Crippen LogP contribution in [0.3, 0.4) is 0 Å². The molecule has 0 aliphatic heterocycles. The van der Waals surface area contributed by atoms with Crippen LogP contribution in [0.15, 0.2) is 22.8 Å². The Morgan fingerprint density at radius 1 is 1.62 bits per heavy atom. The van der Waals surface area contributed by atoms with Gasteiger partial charge in [0.1, 0.15) is 0 Å². The summed E-state index contributed by atoms with van der Waals surface area (Å²) in [6.45, 7) is 0. The maximum absolute atomic E-state index is 11.0. The second kappa shape index (κ2) is 4.61. The van der Waals surface area contributed by atoms with Crippen molar-refractivity contribution in [3.05, 3.63) is 28.6 Å². The fourth-order valence-electron chi connectivity index (χ4n) is 1.32. The number of fused-ring (bicyclic) bond motifs is 1. The highest BCUT2D eigenvalue weighted by Gasteiger charge is 2.07. The van der Waals surface area contributed by atoms with Crippen LogP contribution < -0.4 is 0 Å². The fourth-order valence-corrected chi connectivity index (χ4v) is 1.65. The molecule has 16 heavy (non-hydrogen) atoms. The van der Waals surface area contributed by atoms with E-state index in [1.165, 1.54) is 7.11 Å². The normalized spacial score (nSPS) is 10.6. The Bertz CT molecular complexity index is 524. The van der Waals surface area contributed by atoms with Gasteiger partial charge in [-0.3, -0.25) is 4.79 Å². The van der Waals surface area contributed by atoms with Gasteiger partial charge in [0, 0.05) is 17.1 Å². The molecule has 0 aliphatic carbocycles. The fraction of sp³-hybridized carbons (Fsp3) is 0.300. The van der Waals surface area contributed by atoms with E-state index in [-0.39, 0.29) is 5.97 Å². The number of halogens is 1. The highest BCUT2D eigenvalue weighted by atomic mass is 79.9. The number of ether oxygens (including phenoxy) is 1. The van der Waals surface area contributed by atoms with Crippen molar-refractivity contribution in [3.63, 3.8) is 0 Å². The molecule has 0 saturated heterocycles. The van der Waals surface area contributed by atoms with Gasteiger partial charge in [-0.05, 0) is 12.1 Å². The first-order chi connectivity index (χ1) is 7.69. The molecule has 0 aliphatic rings. The monoisotopic (exact) mass is 283 g/mol. The number of aromatic nitrogens is 3. The van der Waals surface area contributed by atoms with E-state index in [0.717, 1.165) is 10.1 Å². The van der Waals surface area contributed by atoms with Crippen molar-refractivity contribution in [1.29, 1.82) is 0 Å². The van der Waals surface area contributed by atoms with Crippen molar-refractivity contribution in [2.24, 2.45) is 0 Å². The van der Waals surface area contributed by atoms with Gasteiger partial charge in [0.15, 0.2) is 11.5 Å². The minimum Gasteiger partial charge on any atom is -0.469 e. The molecule has 2 aromatic heterocycles. The van der Waals surface area contributed by atoms with Gasteiger partial charge in [-0.2, -0.15) is 5.10 Å². The molecular weight excluding hydrogens is 274 g/mol. The zero-order chi connectivity index (χ0) is 11.5. The molecule has 2 aromatic rings. The highest BCUT2D eigenvalue weighted by Crippen LogP contribution is 2.12. The van der Waals surface area contributed by atoms with Crippen LogP contribution in [0.25, 0.3) is 5.65 Å². The molecule has 2 heterocycles. The average molecular weight is 284 g/mol. The second-order valence-corrected chi connectivity index (χ2v) is 4.17. The van der Waals surface area contributed by atoms with Crippen molar-refractivity contribution >= 4 is 27.5 Å². The summed E-state index contributed by atoms with van der Waals surface area (Å²) in [4.78, 5) is 15.3. The quantitative estimate of drug-likeness (QED) is 0.803. The maximum atomic E-state index is 11.0. The van der Waals surface area contributed by atoms with E-state index < -0.39 is 0 Å². The molecule has 84 valence electrons. The maximum Gasteiger partial charge on any atom is 0.305 e. The summed E-state index contributed by atoms with van der Waals surface area (Å²) in [6, 6.07) is 3.75. The number of carbonyl (C=O) groups excluding carboxylic acids is 1. The summed E-state index contributed by atoms with van der Waals surface area (Å²) >= 11 is 3.36. The Balaban J connectivity index is 2.16. The van der Waals surface area contributed by atoms with E-state index in [2.05, 4.69) is 30.7 Å². The summed E-state index contributed by atoms with van der Waals surface area (Å²) in [5, 5.41) is 4.24. The van der Waals surface area contributed by atoms with Crippen LogP contribution in [0.1, 0.15) is 12.2 Å². The molecule has 2 rings (SSSR count). The van der Waals surface area contributed by atoms with Crippen LogP contribution in [0.5, 0.6) is 0 Å². The van der Waals surface area contributed by atoms with E-state index in [0.29, 0.717) is 18.7 Å². The van der Waals surface area contributed by atoms with Crippen LogP contribution in [-0.4, -0.2) is 27.7 Å². The van der Waals surface area contributed by atoms with E-state index in [4.69, 9.17) is 0 Å². The third kappa shape index (κ3) is 2.38. The largest absolute Gasteiger partial charge is 0.469 e. The summed E-state index contributed by atoms with van der Waals surface area (Å²) in [5.74, 6) is 0.392. The third-order valence-corrected chi connectivity index (χ3v) is 2.62. The van der Waals surface area contributed by atoms with Crippen LogP contribution in [-0.2, 0) is 16.0 Å². The summed E-state index contributed by atoms with van der Waals surface area (Å²) in [7, 11) is 1.37. The Kier molecular flexibility index (Phi) is 3.19. The van der Waals surface area contributed by atoms with Crippen molar-refractivity contribution in [2.75, 3.05) is 7.11 Å². The second-order valence-electron chi connectivity index (χ2n) is 3.25. The van der Waals surface area contributed by atoms with Crippen LogP contribution in [0.4, 0.5) is 0 Å². The standard InChI is InChI=1S/C10H10BrN3O2/c1-16-10(15)3-2-8-12-9-6-7(11)4-5-14(9)13-8/h4-6H,2-3H2,1H3. The van der Waals surface area contributed by atoms with Crippen molar-refractivity contribution in [3.8, 4) is 0 Å². The number of rotatable bonds is 3. The van der Waals surface area contributed by atoms with E-state index in [9.17, 15) is 4.79 Å². The molecule has 0 unspecified atom stereocenters. The molecule has 0 N–H and O–H groups in total. The highest BCUT2D eigenvalue weighted by molar-refractivity contribution is 9.10. The van der Waals surface area contributed by atoms with E-state index in [1.807, 2.05) is 18.3 Å². The summed E-state index contributed by atoms with van der Waals surface area (Å²) < 4.78 is 7.19. The lowest BCUT2D eigenvalue weighted by molar-refractivity contribution is -0.140. The lowest BCUT2D eigenvalue weighted by Crippen LogP contribution is -2.02. The number of aryl methyl sites for hydroxylation is 1. The van der Waals surface area contributed by atoms with Gasteiger partial charge in [0.05, 0.1) is 13.5 Å². The van der Waals surface area contributed by atoms with Gasteiger partial charge >= 0.3 is 5.97 Å². The first kappa shape index (κ1) is 11.1. The Hall–Kier alpha value is -1.43. The first-order valence-corrected chi connectivity index (χ1v) is 5.56. The van der Waals surface area contributed by atoms with E-state index >= 15 is 0 Å². The zero-order valence-corrected chi connectivity index (χ0v) is 10.3. The predicted molar refractivity (Wildman–Crippen MR) is 61.0 cm³/mol. The molecule has 6 heteroatoms. The van der Waals surface area contributed by atoms with Gasteiger partial charge in [-0.25, -0.2) is 9.50 Å². The number of nitrogens with zero attached hydrogens (tertiary/aromatic N) is 3. The Labute approximate surface area is 101 Å². The number of hydrogen-bond donors (Lipinski definition) is 0. The summed E-state index contributed by atoms with van der Waals surface area (Å²) in [6.07, 6.45) is 2.61. The minimum absolute atomic E-state index is 0.250. The molecule has 5 nitrogen and oxygen atoms in total. The number of carbonyl (C=O) groups is 1. The molecule has 0 radical (unpaired) electrons. The zero-order valence-electron chi connectivity index (χ0n) is 8.68. The van der Waals surface area contributed by atoms with Crippen molar-refractivity contribution in [2.45, 2.75) is 12.8 Å². The van der Waals surface area contributed by atoms with Gasteiger partial charge in [-0.15, -0.1) is 0 Å². The van der Waals surface area contributed by atoms with Gasteiger partial charge in [-0.1, -0.05) is 15.9 Å². The van der Waals surface area contributed by atoms with Crippen LogP contribution in [0, 0.1) is 0 Å². The molecule has 0 amide bonds. The Morgan fingerprint density at radius 2 is 2.44 bits per heavy atom. The lowest BCUT2D eigenvalue weighted by Gasteiger charge is -1.94. The molecule has 0 saturated carbocycles. The van der Waals surface area contributed by atoms with Crippen LogP contribution >= 0.6 is 15.9 Å². The first-order valence-electron chi connectivity index (χ1n) is 4.76. The van der Waals surface area contributed by atoms with Crippen molar-refractivity contribution < 1.29 is 9.53 Å². The minimum atomic E-state index is -0.250. The SMILES string of the molecule is COC(=O)CCc1nc2cc(Br)ccn2n1. The van der Waals surface area contributed by atoms with Crippen LogP contribution in [0.2, 0.25) is 0 Å². The average Bonchev–Trinajstić information content (AvgIpc) is 2.67. The van der Waals surface area contributed by atoms with Gasteiger partial charge in [0.2, 0.25) is 0 Å².